The predicted octanol–water partition coefficient (Wildman–Crippen LogP) is 5.45. The fourth-order valence-electron chi connectivity index (χ4n) is 4.18. The van der Waals surface area contributed by atoms with Crippen molar-refractivity contribution in [2.24, 2.45) is 0 Å². The molecule has 2 heterocycles. The standard InChI is InChI=1S/2C15H21NO2S/c2*1-12-4-6-13(7-5-12)19-14(17)15(2,3)16-8-10-18-11-9-16/h2*4-7H,8-11H2,1-3H3. The highest BCUT2D eigenvalue weighted by molar-refractivity contribution is 8.14. The second kappa shape index (κ2) is 14.1. The number of hydrogen-bond acceptors (Lipinski definition) is 8. The van der Waals surface area contributed by atoms with Crippen LogP contribution in [0.4, 0.5) is 0 Å². The number of carbonyl (C=O) groups excluding carboxylic acids is 2. The number of nitrogens with zero attached hydrogens (tertiary/aromatic N) is 2. The Morgan fingerprint density at radius 2 is 0.895 bits per heavy atom. The summed E-state index contributed by atoms with van der Waals surface area (Å²) in [6.07, 6.45) is 0. The summed E-state index contributed by atoms with van der Waals surface area (Å²) >= 11 is 2.66. The lowest BCUT2D eigenvalue weighted by Gasteiger charge is -2.39. The molecule has 2 aliphatic rings. The molecule has 0 aromatic heterocycles. The van der Waals surface area contributed by atoms with Crippen LogP contribution in [0.15, 0.2) is 58.3 Å². The van der Waals surface area contributed by atoms with Gasteiger partial charge in [0.2, 0.25) is 10.2 Å². The lowest BCUT2D eigenvalue weighted by Crippen LogP contribution is -2.53. The molecule has 38 heavy (non-hydrogen) atoms. The molecule has 0 aliphatic carbocycles. The van der Waals surface area contributed by atoms with Gasteiger partial charge in [-0.25, -0.2) is 0 Å². The van der Waals surface area contributed by atoms with Gasteiger partial charge in [0, 0.05) is 36.0 Å². The van der Waals surface area contributed by atoms with Crippen LogP contribution in [0.2, 0.25) is 0 Å². The average Bonchev–Trinajstić information content (AvgIpc) is 2.92. The molecule has 0 amide bonds. The SMILES string of the molecule is Cc1ccc(SC(=O)C(C)(C)N2CCOCC2)cc1.Cc1ccc(SC(=O)C(C)(C)N2CCOCC2)cc1. The van der Waals surface area contributed by atoms with Crippen molar-refractivity contribution < 1.29 is 19.1 Å². The number of benzene rings is 2. The summed E-state index contributed by atoms with van der Waals surface area (Å²) in [6.45, 7) is 18.3. The van der Waals surface area contributed by atoms with Gasteiger partial charge in [0.05, 0.1) is 37.5 Å². The van der Waals surface area contributed by atoms with Crippen molar-refractivity contribution in [1.82, 2.24) is 9.80 Å². The Bertz CT molecular complexity index is 957. The van der Waals surface area contributed by atoms with Crippen molar-refractivity contribution in [2.45, 2.75) is 62.4 Å². The van der Waals surface area contributed by atoms with Gasteiger partial charge in [0.25, 0.3) is 0 Å². The van der Waals surface area contributed by atoms with Crippen molar-refractivity contribution >= 4 is 33.8 Å². The quantitative estimate of drug-likeness (QED) is 0.434. The molecule has 0 saturated carbocycles. The zero-order valence-electron chi connectivity index (χ0n) is 23.6. The van der Waals surface area contributed by atoms with E-state index in [-0.39, 0.29) is 10.2 Å². The Kier molecular flexibility index (Phi) is 11.4. The number of carbonyl (C=O) groups is 2. The van der Waals surface area contributed by atoms with Crippen molar-refractivity contribution in [3.8, 4) is 0 Å². The molecule has 0 atom stereocenters. The van der Waals surface area contributed by atoms with Gasteiger partial charge in [-0.3, -0.25) is 19.4 Å². The fourth-order valence-corrected chi connectivity index (χ4v) is 5.91. The topological polar surface area (TPSA) is 59.1 Å². The van der Waals surface area contributed by atoms with Gasteiger partial charge in [0.15, 0.2) is 0 Å². The van der Waals surface area contributed by atoms with E-state index in [0.717, 1.165) is 36.0 Å². The lowest BCUT2D eigenvalue weighted by atomic mass is 10.0. The van der Waals surface area contributed by atoms with E-state index >= 15 is 0 Å². The van der Waals surface area contributed by atoms with Crippen LogP contribution in [0.1, 0.15) is 38.8 Å². The van der Waals surface area contributed by atoms with E-state index in [4.69, 9.17) is 9.47 Å². The largest absolute Gasteiger partial charge is 0.379 e. The van der Waals surface area contributed by atoms with Crippen LogP contribution in [0.25, 0.3) is 0 Å². The molecule has 4 rings (SSSR count). The fraction of sp³-hybridized carbons (Fsp3) is 0.533. The van der Waals surface area contributed by atoms with E-state index in [1.165, 1.54) is 34.7 Å². The van der Waals surface area contributed by atoms with Gasteiger partial charge in [-0.15, -0.1) is 0 Å². The number of thioether (sulfide) groups is 2. The first-order valence-corrected chi connectivity index (χ1v) is 14.9. The molecule has 0 spiro atoms. The van der Waals surface area contributed by atoms with E-state index < -0.39 is 11.1 Å². The molecule has 208 valence electrons. The van der Waals surface area contributed by atoms with Gasteiger partial charge in [0.1, 0.15) is 0 Å². The highest BCUT2D eigenvalue weighted by Gasteiger charge is 2.36. The van der Waals surface area contributed by atoms with Crippen LogP contribution < -0.4 is 0 Å². The maximum atomic E-state index is 12.5. The highest BCUT2D eigenvalue weighted by Crippen LogP contribution is 2.30. The van der Waals surface area contributed by atoms with E-state index in [1.54, 1.807) is 0 Å². The molecule has 6 nitrogen and oxygen atoms in total. The molecular formula is C30H42N2O4S2. The van der Waals surface area contributed by atoms with Crippen LogP contribution in [0.3, 0.4) is 0 Å². The third-order valence-electron chi connectivity index (χ3n) is 7.07. The Morgan fingerprint density at radius 1 is 0.605 bits per heavy atom. The lowest BCUT2D eigenvalue weighted by molar-refractivity contribution is -0.123. The summed E-state index contributed by atoms with van der Waals surface area (Å²) in [5.41, 5.74) is 1.53. The van der Waals surface area contributed by atoms with Gasteiger partial charge in [-0.05, 0) is 89.3 Å². The van der Waals surface area contributed by atoms with Crippen LogP contribution in [-0.2, 0) is 19.1 Å². The first kappa shape index (κ1) is 30.9. The normalized spacial score (nSPS) is 17.4. The number of aryl methyl sites for hydroxylation is 2. The van der Waals surface area contributed by atoms with Crippen LogP contribution in [0.5, 0.6) is 0 Å². The molecule has 0 bridgehead atoms. The zero-order chi connectivity index (χ0) is 27.8. The molecular weight excluding hydrogens is 516 g/mol. The van der Waals surface area contributed by atoms with Gasteiger partial charge in [-0.1, -0.05) is 35.4 Å². The zero-order valence-corrected chi connectivity index (χ0v) is 25.3. The third kappa shape index (κ3) is 8.66. The summed E-state index contributed by atoms with van der Waals surface area (Å²) in [6, 6.07) is 16.2. The number of rotatable bonds is 6. The van der Waals surface area contributed by atoms with Crippen LogP contribution >= 0.6 is 23.5 Å². The molecule has 2 fully saturated rings. The number of morpholine rings is 2. The second-order valence-electron chi connectivity index (χ2n) is 10.7. The van der Waals surface area contributed by atoms with E-state index in [9.17, 15) is 9.59 Å². The Labute approximate surface area is 236 Å². The Hall–Kier alpha value is -1.68. The van der Waals surface area contributed by atoms with Crippen LogP contribution in [-0.4, -0.2) is 83.7 Å². The van der Waals surface area contributed by atoms with Crippen molar-refractivity contribution in [1.29, 1.82) is 0 Å². The summed E-state index contributed by atoms with van der Waals surface area (Å²) in [7, 11) is 0. The summed E-state index contributed by atoms with van der Waals surface area (Å²) in [4.78, 5) is 31.4. The Balaban J connectivity index is 0.000000211. The minimum absolute atomic E-state index is 0.193. The summed E-state index contributed by atoms with van der Waals surface area (Å²) in [5, 5.41) is 0.386. The molecule has 2 aromatic carbocycles. The molecule has 0 N–H and O–H groups in total. The average molecular weight is 559 g/mol. The van der Waals surface area contributed by atoms with Crippen molar-refractivity contribution in [3.05, 3.63) is 59.7 Å². The first-order chi connectivity index (χ1) is 18.0. The number of ether oxygens (including phenoxy) is 2. The molecule has 8 heteroatoms. The first-order valence-electron chi connectivity index (χ1n) is 13.2. The Morgan fingerprint density at radius 3 is 1.18 bits per heavy atom. The van der Waals surface area contributed by atoms with Crippen LogP contribution in [0, 0.1) is 13.8 Å². The molecule has 2 saturated heterocycles. The molecule has 2 aromatic rings. The van der Waals surface area contributed by atoms with Gasteiger partial charge < -0.3 is 9.47 Å². The predicted molar refractivity (Wildman–Crippen MR) is 157 cm³/mol. The van der Waals surface area contributed by atoms with Gasteiger partial charge >= 0.3 is 0 Å². The van der Waals surface area contributed by atoms with Crippen molar-refractivity contribution in [3.63, 3.8) is 0 Å². The third-order valence-corrected chi connectivity index (χ3v) is 9.45. The minimum Gasteiger partial charge on any atom is -0.379 e. The van der Waals surface area contributed by atoms with Gasteiger partial charge in [-0.2, -0.15) is 0 Å². The second-order valence-corrected chi connectivity index (χ2v) is 12.8. The monoisotopic (exact) mass is 558 g/mol. The van der Waals surface area contributed by atoms with E-state index in [0.29, 0.717) is 26.4 Å². The van der Waals surface area contributed by atoms with Crippen molar-refractivity contribution in [2.75, 3.05) is 52.6 Å². The van der Waals surface area contributed by atoms with E-state index in [1.807, 2.05) is 90.1 Å². The number of hydrogen-bond donors (Lipinski definition) is 0. The molecule has 0 unspecified atom stereocenters. The maximum absolute atomic E-state index is 12.5. The minimum atomic E-state index is -0.445. The summed E-state index contributed by atoms with van der Waals surface area (Å²) in [5.74, 6) is 0. The summed E-state index contributed by atoms with van der Waals surface area (Å²) < 4.78 is 10.7. The molecule has 2 aliphatic heterocycles. The molecule has 0 radical (unpaired) electrons. The highest BCUT2D eigenvalue weighted by atomic mass is 32.2. The maximum Gasteiger partial charge on any atom is 0.213 e. The van der Waals surface area contributed by atoms with E-state index in [2.05, 4.69) is 9.80 Å². The smallest absolute Gasteiger partial charge is 0.213 e.